The number of rotatable bonds is 29. The van der Waals surface area contributed by atoms with Crippen LogP contribution in [0.1, 0.15) is 219 Å². The zero-order chi connectivity index (χ0) is 109. The van der Waals surface area contributed by atoms with Crippen LogP contribution in [0.2, 0.25) is 0 Å². The minimum Gasteiger partial charge on any atom is -0.480 e. The molecule has 0 aliphatic heterocycles. The highest BCUT2D eigenvalue weighted by Crippen LogP contribution is 2.31. The number of carbonyl (C=O) groups excluding carboxylic acids is 3. The predicted octanol–water partition coefficient (Wildman–Crippen LogP) is 16.4. The lowest BCUT2D eigenvalue weighted by Crippen LogP contribution is -2.41. The van der Waals surface area contributed by atoms with Crippen LogP contribution in [0.5, 0.6) is 0 Å². The second kappa shape index (κ2) is 68.6. The van der Waals surface area contributed by atoms with Crippen LogP contribution in [-0.2, 0) is 104 Å². The van der Waals surface area contributed by atoms with E-state index in [4.69, 9.17) is 104 Å². The Kier molecular flexibility index (Phi) is 61.4. The Bertz CT molecular complexity index is 6120. The average molecular weight is 2120 g/mol. The number of nitrogens with zero attached hydrogens (tertiary/aromatic N) is 21. The van der Waals surface area contributed by atoms with Gasteiger partial charge in [0.2, 0.25) is 35.1 Å². The number of aliphatic carboxylic acids is 1. The number of carboxylic acid groups (broad SMARTS) is 2. The van der Waals surface area contributed by atoms with Crippen molar-refractivity contribution < 1.29 is 123 Å². The summed E-state index contributed by atoms with van der Waals surface area (Å²) >= 11 is 0. The van der Waals surface area contributed by atoms with Crippen LogP contribution >= 0.6 is 24.8 Å². The first-order valence-electron chi connectivity index (χ1n) is 43.4. The van der Waals surface area contributed by atoms with E-state index in [0.717, 1.165) is 45.6 Å². The second-order valence-corrected chi connectivity index (χ2v) is 30.8. The number of nitrogens with one attached hydrogen (secondary N) is 3. The van der Waals surface area contributed by atoms with E-state index in [-0.39, 0.29) is 68.1 Å². The number of oxime groups is 1. The van der Waals surface area contributed by atoms with Gasteiger partial charge in [0.05, 0.1) is 99.6 Å². The number of amidine groups is 1. The summed E-state index contributed by atoms with van der Waals surface area (Å²) < 4.78 is 128. The Hall–Kier alpha value is -15.6. The highest BCUT2D eigenvalue weighted by molar-refractivity contribution is 5.97. The van der Waals surface area contributed by atoms with Crippen molar-refractivity contribution in [1.82, 2.24) is 101 Å². The second-order valence-electron chi connectivity index (χ2n) is 30.8. The van der Waals surface area contributed by atoms with Gasteiger partial charge in [-0.1, -0.05) is 28.1 Å². The predicted molar refractivity (Wildman–Crippen MR) is 527 cm³/mol. The standard InChI is InChI=1S/C18H19F3N6O3.C17H24N4O4.C12H16N4O2.C9H13N3O2.C9H10N2O.C8H15NO4.C7H6N2O.C6H5F3N2O2.C6H4N2.CH4.2ClH.H3NO/c1-4-29-9-12-7-11(5-6-22-12)15-24-17(30-26-15)10(2)23-16(28)13-8-14(18(19,20)21)25-27(13)3;1-6-23-10-13-9-12(7-8-18-13)14-20-15(25-21-14)11(2)19-16(22)24-17(3,4)5;1-3-17-7-10-6-9(4-5-14-10)11-15-12(8(2)13)18-16-11;1-2-14-6-8-5-7(3-4-11-8)9(10)12-13;1-3-12-7-9-6-8(10-2)4-5-11-9;1-5(6(10)11)9-7(12)13-8(2,3)4;1-8-6-2-3-9-7(4-6)5-10;1-11-3(5(12)13)2-4(10-11)6(7,8)9;1-7-6-2-4-8-5-3-6;;;;1-2/h5-8,10H,4,9H2,1-3H3,(H,23,28);7-9,11H,6,10H2,1-5H3,(H,19,22);4-6,8H,3,7,13H2,1-2H3;3-5,13H,2,6H2,1H3,(H2,10,12);4-6H,3,7H2,1H3;5H,1-4H3,(H,9,12)(H,10,11);2-4,10H,5H2;2H,1H3,(H,12,13);2-5H;1H4;2*1H;2H,1H2/t10-;11-;8-;;;5-;;;;;;;/m000..0......./s1. The molecule has 804 valence electrons. The number of aliphatic hydroxyl groups excluding tert-OH is 1. The molecule has 0 unspecified atom stereocenters. The molecule has 14 N–H and O–H groups in total. The number of alkyl halides is 6. The van der Waals surface area contributed by atoms with Gasteiger partial charge in [-0.15, -0.1) is 24.8 Å². The van der Waals surface area contributed by atoms with Crippen molar-refractivity contribution in [3.8, 4) is 34.2 Å². The Balaban J connectivity index is 0.00000168. The summed E-state index contributed by atoms with van der Waals surface area (Å²) in [4.78, 5) is 107. The molecule has 148 heavy (non-hydrogen) atoms. The summed E-state index contributed by atoms with van der Waals surface area (Å²) in [6.45, 7) is 51.7. The van der Waals surface area contributed by atoms with E-state index < -0.39 is 88.8 Å². The number of alkyl carbamates (subject to hydrolysis) is 2. The first-order valence-corrected chi connectivity index (χ1v) is 43.4. The van der Waals surface area contributed by atoms with Gasteiger partial charge in [0.1, 0.15) is 40.7 Å². The maximum Gasteiger partial charge on any atom is 0.435 e. The highest BCUT2D eigenvalue weighted by atomic mass is 35.5. The number of ether oxygens (including phenoxy) is 7. The number of carbonyl (C=O) groups is 5. The van der Waals surface area contributed by atoms with Crippen LogP contribution in [0.4, 0.5) is 53.0 Å². The largest absolute Gasteiger partial charge is 0.480 e. The SMILES string of the molecule is C.CCOCc1cc(-c2noc([C@H](C)N)n2)ccn1.CCOCc1cc(-c2noc([C@H](C)NC(=O)OC(C)(C)C)n2)ccn1.CCOCc1cc(-c2noc([C@H](C)NC(=O)c3cc(C(F)(F)F)nn3C)n2)ccn1.CCOCc1cc(/C(N)=N/O)ccn1.C[C@H](NC(=O)OC(C)(C)C)C(=O)O.Cl.Cl.Cn1nc(C(F)(F)F)cc1C(=O)O.NO.[C-]#[N+]c1ccnc(CO)c1.[C-]#[N+]c1ccnc(COCC)c1.[C-]#[N+]c1ccncc1. The van der Waals surface area contributed by atoms with Crippen molar-refractivity contribution in [1.29, 1.82) is 0 Å². The highest BCUT2D eigenvalue weighted by Gasteiger charge is 2.37. The topological polar surface area (TPSA) is 633 Å². The van der Waals surface area contributed by atoms with Crippen LogP contribution in [0.3, 0.4) is 0 Å². The first kappa shape index (κ1) is 132. The third-order valence-electron chi connectivity index (χ3n) is 17.0. The smallest absolute Gasteiger partial charge is 0.435 e. The van der Waals surface area contributed by atoms with Crippen molar-refractivity contribution in [2.24, 2.45) is 36.6 Å². The van der Waals surface area contributed by atoms with Crippen molar-refractivity contribution in [2.75, 3.05) is 33.0 Å². The molecule has 0 spiro atoms. The molecule has 0 bridgehead atoms. The number of pyridine rings is 7. The third-order valence-corrected chi connectivity index (χ3v) is 17.0. The molecule has 4 atom stereocenters. The Labute approximate surface area is 860 Å². The molecule has 0 aliphatic carbocycles. The molecule has 0 radical (unpaired) electrons. The van der Waals surface area contributed by atoms with E-state index in [2.05, 4.69) is 117 Å². The van der Waals surface area contributed by atoms with E-state index in [1.807, 2.05) is 52.8 Å². The molecule has 0 aromatic carbocycles. The van der Waals surface area contributed by atoms with E-state index >= 15 is 0 Å². The fraction of sp³-hybridized carbons (Fsp3) is 0.398. The van der Waals surface area contributed by atoms with E-state index in [9.17, 15) is 50.3 Å². The lowest BCUT2D eigenvalue weighted by Gasteiger charge is -2.20. The van der Waals surface area contributed by atoms with Gasteiger partial charge in [-0.05, 0) is 189 Å². The van der Waals surface area contributed by atoms with Crippen LogP contribution in [0.25, 0.3) is 48.7 Å². The monoisotopic (exact) mass is 2120 g/mol. The molecule has 12 aromatic heterocycles. The number of aromatic carboxylic acids is 1. The number of hydrogen-bond acceptors (Lipinski definition) is 36. The van der Waals surface area contributed by atoms with Crippen LogP contribution in [-0.4, -0.2) is 197 Å². The number of carboxylic acids is 2. The van der Waals surface area contributed by atoms with Gasteiger partial charge in [0.15, 0.2) is 34.3 Å². The number of hydrogen-bond donors (Lipinski definition) is 11. The maximum absolute atomic E-state index is 12.8. The zero-order valence-corrected chi connectivity index (χ0v) is 84.6. The van der Waals surface area contributed by atoms with Gasteiger partial charge in [0.25, 0.3) is 5.91 Å². The van der Waals surface area contributed by atoms with Gasteiger partial charge >= 0.3 is 36.5 Å². The Morgan fingerprint density at radius 2 is 0.797 bits per heavy atom. The minimum absolute atomic E-state index is 0. The molecule has 55 heteroatoms. The number of nitrogens with two attached hydrogens (primary N) is 3. The van der Waals surface area contributed by atoms with Crippen LogP contribution in [0, 0.1) is 19.7 Å². The Morgan fingerprint density at radius 1 is 0.473 bits per heavy atom. The summed E-state index contributed by atoms with van der Waals surface area (Å²) in [5.41, 5.74) is 15.9. The average Bonchev–Trinajstić information content (AvgIpc) is 1.67. The lowest BCUT2D eigenvalue weighted by molar-refractivity contribution is -0.142. The summed E-state index contributed by atoms with van der Waals surface area (Å²) in [6, 6.07) is 22.9. The Morgan fingerprint density at radius 3 is 1.12 bits per heavy atom. The molecule has 0 fully saturated rings. The van der Waals surface area contributed by atoms with Crippen molar-refractivity contribution >= 4 is 77.7 Å². The van der Waals surface area contributed by atoms with Gasteiger partial charge < -0.3 is 99.9 Å². The molecule has 12 rings (SSSR count). The van der Waals surface area contributed by atoms with E-state index in [1.165, 1.54) is 20.2 Å². The van der Waals surface area contributed by atoms with Crippen LogP contribution in [0.15, 0.2) is 165 Å². The van der Waals surface area contributed by atoms with Crippen molar-refractivity contribution in [2.45, 2.75) is 199 Å². The number of halogens is 8. The molecule has 47 nitrogen and oxygen atoms in total. The quantitative estimate of drug-likeness (QED) is 0.00518. The molecule has 3 amide bonds. The lowest BCUT2D eigenvalue weighted by atomic mass is 10.2. The van der Waals surface area contributed by atoms with Gasteiger partial charge in [-0.2, -0.15) is 51.5 Å². The number of aliphatic hydroxyl groups is 1. The first-order chi connectivity index (χ1) is 68.6. The number of aromatic nitrogens is 17. The van der Waals surface area contributed by atoms with Gasteiger partial charge in [-0.25, -0.2) is 34.8 Å². The normalized spacial score (nSPS) is 11.4. The van der Waals surface area contributed by atoms with Gasteiger partial charge in [0, 0.05) is 131 Å². The summed E-state index contributed by atoms with van der Waals surface area (Å²) in [5, 5.41) is 68.8. The van der Waals surface area contributed by atoms with Gasteiger partial charge in [-0.3, -0.25) is 53.8 Å². The fourth-order valence-corrected chi connectivity index (χ4v) is 10.2. The summed E-state index contributed by atoms with van der Waals surface area (Å²) in [7, 11) is 2.39. The van der Waals surface area contributed by atoms with E-state index in [0.29, 0.717) is 146 Å². The summed E-state index contributed by atoms with van der Waals surface area (Å²) in [5.74, 6) is 2.33. The molecule has 12 aromatic rings. The molecule has 0 aliphatic rings. The minimum atomic E-state index is -4.64. The molecule has 12 heterocycles. The molecular formula is C93H121Cl2F6N27O20. The molecular weight excluding hydrogens is 2000 g/mol. The maximum atomic E-state index is 12.8. The molecule has 0 saturated heterocycles. The number of amides is 3. The third kappa shape index (κ3) is 50.7. The van der Waals surface area contributed by atoms with Crippen molar-refractivity contribution in [3.63, 3.8) is 0 Å². The molecule has 0 saturated carbocycles. The van der Waals surface area contributed by atoms with Crippen LogP contribution < -0.4 is 33.3 Å². The van der Waals surface area contributed by atoms with E-state index in [1.54, 1.807) is 172 Å². The fourth-order valence-electron chi connectivity index (χ4n) is 10.2. The number of aryl methyl sites for hydroxylation is 2. The summed E-state index contributed by atoms with van der Waals surface area (Å²) in [6.07, 6.45) is 2.40. The van der Waals surface area contributed by atoms with Crippen molar-refractivity contribution in [3.05, 3.63) is 261 Å². The zero-order valence-electron chi connectivity index (χ0n) is 83.0.